The number of piperazine rings is 1. The van der Waals surface area contributed by atoms with Gasteiger partial charge in [0, 0.05) is 36.4 Å². The van der Waals surface area contributed by atoms with Gasteiger partial charge in [-0.25, -0.2) is 0 Å². The molecule has 7 heteroatoms. The van der Waals surface area contributed by atoms with Crippen LogP contribution in [0.5, 0.6) is 0 Å². The molecule has 0 radical (unpaired) electrons. The van der Waals surface area contributed by atoms with Gasteiger partial charge < -0.3 is 9.80 Å². The van der Waals surface area contributed by atoms with Gasteiger partial charge in [0.1, 0.15) is 0 Å². The van der Waals surface area contributed by atoms with Crippen molar-refractivity contribution in [3.8, 4) is 0 Å². The number of anilines is 1. The first-order chi connectivity index (χ1) is 13.0. The van der Waals surface area contributed by atoms with Gasteiger partial charge in [-0.1, -0.05) is 11.6 Å². The van der Waals surface area contributed by atoms with Crippen molar-refractivity contribution >= 4 is 29.1 Å². The molecule has 140 valence electrons. The molecule has 27 heavy (non-hydrogen) atoms. The van der Waals surface area contributed by atoms with Crippen LogP contribution in [0.1, 0.15) is 16.8 Å². The Morgan fingerprint density at radius 3 is 2.67 bits per heavy atom. The van der Waals surface area contributed by atoms with Gasteiger partial charge in [-0.3, -0.25) is 19.5 Å². The van der Waals surface area contributed by atoms with Crippen molar-refractivity contribution in [1.82, 2.24) is 14.8 Å². The van der Waals surface area contributed by atoms with Gasteiger partial charge in [-0.05, 0) is 49.9 Å². The number of aromatic nitrogens is 1. The van der Waals surface area contributed by atoms with E-state index in [1.54, 1.807) is 41.6 Å². The van der Waals surface area contributed by atoms with E-state index in [2.05, 4.69) is 9.88 Å². The smallest absolute Gasteiger partial charge is 0.253 e. The third kappa shape index (κ3) is 3.31. The lowest BCUT2D eigenvalue weighted by molar-refractivity contribution is -0.123. The highest BCUT2D eigenvalue weighted by molar-refractivity contribution is 6.30. The first-order valence-electron chi connectivity index (χ1n) is 8.95. The Labute approximate surface area is 163 Å². The van der Waals surface area contributed by atoms with E-state index in [0.29, 0.717) is 36.8 Å². The highest BCUT2D eigenvalue weighted by atomic mass is 35.5. The molecule has 3 heterocycles. The number of likely N-dealkylation sites (N-methyl/N-ethyl adjacent to an activating group) is 1. The molecule has 0 saturated carbocycles. The van der Waals surface area contributed by atoms with Crippen LogP contribution in [0.15, 0.2) is 48.8 Å². The fourth-order valence-corrected chi connectivity index (χ4v) is 4.08. The zero-order valence-electron chi connectivity index (χ0n) is 15.1. The minimum Gasteiger partial charge on any atom is -0.337 e. The maximum absolute atomic E-state index is 12.9. The fraction of sp³-hybridized carbons (Fsp3) is 0.350. The molecule has 1 aromatic carbocycles. The number of carbonyl (C=O) groups is 2. The SMILES string of the molecule is CN1CC(=O)N(c2cccnc2)C[C@]12CCN(C(=O)c1ccc(Cl)cc1)C2. The van der Waals surface area contributed by atoms with Crippen LogP contribution in [0.25, 0.3) is 0 Å². The van der Waals surface area contributed by atoms with Crippen LogP contribution in [0.2, 0.25) is 5.02 Å². The summed E-state index contributed by atoms with van der Waals surface area (Å²) in [6.07, 6.45) is 4.23. The van der Waals surface area contributed by atoms with E-state index >= 15 is 0 Å². The third-order valence-corrected chi connectivity index (χ3v) is 5.86. The third-order valence-electron chi connectivity index (χ3n) is 5.60. The van der Waals surface area contributed by atoms with Gasteiger partial charge >= 0.3 is 0 Å². The second kappa shape index (κ2) is 6.94. The van der Waals surface area contributed by atoms with Crippen molar-refractivity contribution in [2.45, 2.75) is 12.0 Å². The summed E-state index contributed by atoms with van der Waals surface area (Å²) in [5, 5.41) is 0.613. The van der Waals surface area contributed by atoms with Crippen LogP contribution in [0.4, 0.5) is 5.69 Å². The summed E-state index contributed by atoms with van der Waals surface area (Å²) in [7, 11) is 1.97. The van der Waals surface area contributed by atoms with Gasteiger partial charge in [0.25, 0.3) is 5.91 Å². The van der Waals surface area contributed by atoms with E-state index in [4.69, 9.17) is 11.6 Å². The molecule has 2 fully saturated rings. The number of hydrogen-bond donors (Lipinski definition) is 0. The van der Waals surface area contributed by atoms with Crippen LogP contribution < -0.4 is 4.90 Å². The van der Waals surface area contributed by atoms with Crippen molar-refractivity contribution in [3.63, 3.8) is 0 Å². The summed E-state index contributed by atoms with van der Waals surface area (Å²) in [5.41, 5.74) is 1.19. The van der Waals surface area contributed by atoms with Crippen LogP contribution in [0.3, 0.4) is 0 Å². The monoisotopic (exact) mass is 384 g/mol. The largest absolute Gasteiger partial charge is 0.337 e. The minimum atomic E-state index is -0.244. The molecule has 6 nitrogen and oxygen atoms in total. The highest BCUT2D eigenvalue weighted by Gasteiger charge is 2.48. The van der Waals surface area contributed by atoms with E-state index in [1.165, 1.54) is 0 Å². The standard InChI is InChI=1S/C20H21ClN4O2/c1-23-12-18(26)25(17-3-2-9-22-11-17)14-20(23)8-10-24(13-20)19(27)15-4-6-16(21)7-5-15/h2-7,9,11H,8,10,12-14H2,1H3/t20-/m1/s1. The summed E-state index contributed by atoms with van der Waals surface area (Å²) < 4.78 is 0. The van der Waals surface area contributed by atoms with Crippen molar-refractivity contribution in [3.05, 3.63) is 59.4 Å². The van der Waals surface area contributed by atoms with Crippen LogP contribution in [-0.4, -0.2) is 65.4 Å². The number of rotatable bonds is 2. The normalized spacial score (nSPS) is 23.3. The number of hydrogen-bond acceptors (Lipinski definition) is 4. The lowest BCUT2D eigenvalue weighted by Crippen LogP contribution is -2.64. The zero-order chi connectivity index (χ0) is 19.0. The van der Waals surface area contributed by atoms with E-state index in [1.807, 2.05) is 24.1 Å². The predicted octanol–water partition coefficient (Wildman–Crippen LogP) is 2.30. The second-order valence-electron chi connectivity index (χ2n) is 7.26. The van der Waals surface area contributed by atoms with Gasteiger partial charge in [-0.2, -0.15) is 0 Å². The molecule has 0 unspecified atom stereocenters. The summed E-state index contributed by atoms with van der Waals surface area (Å²) in [6, 6.07) is 10.7. The van der Waals surface area contributed by atoms with Crippen LogP contribution >= 0.6 is 11.6 Å². The Balaban J connectivity index is 1.55. The Hall–Kier alpha value is -2.44. The van der Waals surface area contributed by atoms with E-state index in [9.17, 15) is 9.59 Å². The quantitative estimate of drug-likeness (QED) is 0.797. The molecule has 2 amide bonds. The summed E-state index contributed by atoms with van der Waals surface area (Å²) in [4.78, 5) is 35.4. The molecule has 1 atom stereocenters. The number of likely N-dealkylation sites (tertiary alicyclic amines) is 1. The molecular weight excluding hydrogens is 364 g/mol. The number of pyridine rings is 1. The molecule has 1 spiro atoms. The maximum Gasteiger partial charge on any atom is 0.253 e. The molecule has 0 N–H and O–H groups in total. The molecule has 4 rings (SSSR count). The van der Waals surface area contributed by atoms with Crippen LogP contribution in [0, 0.1) is 0 Å². The number of carbonyl (C=O) groups excluding carboxylic acids is 2. The average molecular weight is 385 g/mol. The Morgan fingerprint density at radius 1 is 1.19 bits per heavy atom. The van der Waals surface area contributed by atoms with E-state index in [0.717, 1.165) is 12.1 Å². The number of halogens is 1. The molecule has 2 aliphatic rings. The first kappa shape index (κ1) is 17.9. The second-order valence-corrected chi connectivity index (χ2v) is 7.69. The number of amides is 2. The molecular formula is C20H21ClN4O2. The van der Waals surface area contributed by atoms with Crippen molar-refractivity contribution in [2.24, 2.45) is 0 Å². The van der Waals surface area contributed by atoms with E-state index < -0.39 is 0 Å². The molecule has 2 saturated heterocycles. The lowest BCUT2D eigenvalue weighted by atomic mass is 9.92. The van der Waals surface area contributed by atoms with Gasteiger partial charge in [-0.15, -0.1) is 0 Å². The summed E-state index contributed by atoms with van der Waals surface area (Å²) in [6.45, 7) is 2.15. The number of nitrogens with zero attached hydrogens (tertiary/aromatic N) is 4. The molecule has 2 aliphatic heterocycles. The predicted molar refractivity (Wildman–Crippen MR) is 104 cm³/mol. The molecule has 0 aliphatic carbocycles. The van der Waals surface area contributed by atoms with Gasteiger partial charge in [0.05, 0.1) is 24.0 Å². The topological polar surface area (TPSA) is 56.8 Å². The van der Waals surface area contributed by atoms with E-state index in [-0.39, 0.29) is 17.4 Å². The van der Waals surface area contributed by atoms with Gasteiger partial charge in [0.15, 0.2) is 0 Å². The van der Waals surface area contributed by atoms with Crippen molar-refractivity contribution in [2.75, 3.05) is 38.1 Å². The molecule has 0 bridgehead atoms. The Kier molecular flexibility index (Phi) is 4.61. The van der Waals surface area contributed by atoms with Crippen molar-refractivity contribution < 1.29 is 9.59 Å². The lowest BCUT2D eigenvalue weighted by Gasteiger charge is -2.46. The fourth-order valence-electron chi connectivity index (χ4n) is 3.95. The minimum absolute atomic E-state index is 0.00164. The molecule has 2 aromatic rings. The maximum atomic E-state index is 12.9. The summed E-state index contributed by atoms with van der Waals surface area (Å²) in [5.74, 6) is 0.0559. The Bertz CT molecular complexity index is 858. The van der Waals surface area contributed by atoms with Crippen LogP contribution in [-0.2, 0) is 4.79 Å². The van der Waals surface area contributed by atoms with Gasteiger partial charge in [0.2, 0.25) is 5.91 Å². The number of benzene rings is 1. The average Bonchev–Trinajstić information content (AvgIpc) is 3.11. The highest BCUT2D eigenvalue weighted by Crippen LogP contribution is 2.33. The molecule has 1 aromatic heterocycles. The zero-order valence-corrected chi connectivity index (χ0v) is 15.9. The van der Waals surface area contributed by atoms with Crippen molar-refractivity contribution in [1.29, 1.82) is 0 Å². The Morgan fingerprint density at radius 2 is 1.96 bits per heavy atom. The first-order valence-corrected chi connectivity index (χ1v) is 9.33. The summed E-state index contributed by atoms with van der Waals surface area (Å²) >= 11 is 5.93.